The fourth-order valence-corrected chi connectivity index (χ4v) is 3.11. The van der Waals surface area contributed by atoms with Gasteiger partial charge in [0, 0.05) is 18.7 Å². The summed E-state index contributed by atoms with van der Waals surface area (Å²) in [6.45, 7) is 3.35. The summed E-state index contributed by atoms with van der Waals surface area (Å²) in [6, 6.07) is 3.78. The average molecular weight is 342 g/mol. The zero-order chi connectivity index (χ0) is 17.2. The van der Waals surface area contributed by atoms with Gasteiger partial charge in [0.05, 0.1) is 12.7 Å². The van der Waals surface area contributed by atoms with E-state index in [2.05, 4.69) is 15.5 Å². The fraction of sp³-hybridized carbons (Fsp3) is 0.562. The third kappa shape index (κ3) is 4.39. The van der Waals surface area contributed by atoms with Gasteiger partial charge >= 0.3 is 6.18 Å². The van der Waals surface area contributed by atoms with Crippen LogP contribution in [0.25, 0.3) is 11.5 Å². The highest BCUT2D eigenvalue weighted by molar-refractivity contribution is 5.56. The number of aromatic amines is 1. The summed E-state index contributed by atoms with van der Waals surface area (Å²) in [5.74, 6) is 1.81. The minimum atomic E-state index is -4.12. The molecule has 1 aliphatic rings. The van der Waals surface area contributed by atoms with Crippen LogP contribution in [-0.4, -0.2) is 47.5 Å². The standard InChI is InChI=1S/C16H21F3N4O/c1-11-2-3-14(24-11)15-13(8-21-22-15)7-20-6-12-4-5-23(9-12)10-16(17,18)19/h2-3,8,12,20H,4-7,9-10H2,1H3,(H,21,22)/t12-/m0/s1. The van der Waals surface area contributed by atoms with Crippen LogP contribution in [0.15, 0.2) is 22.7 Å². The first-order valence-electron chi connectivity index (χ1n) is 7.99. The van der Waals surface area contributed by atoms with Crippen molar-refractivity contribution in [1.29, 1.82) is 0 Å². The number of rotatable bonds is 6. The Morgan fingerprint density at radius 2 is 2.25 bits per heavy atom. The molecule has 5 nitrogen and oxygen atoms in total. The van der Waals surface area contributed by atoms with Crippen molar-refractivity contribution in [3.05, 3.63) is 29.7 Å². The molecule has 132 valence electrons. The van der Waals surface area contributed by atoms with Gasteiger partial charge in [-0.05, 0) is 44.5 Å². The van der Waals surface area contributed by atoms with Crippen LogP contribution in [0.3, 0.4) is 0 Å². The molecule has 0 saturated carbocycles. The summed E-state index contributed by atoms with van der Waals surface area (Å²) < 4.78 is 42.8. The quantitative estimate of drug-likeness (QED) is 0.847. The second kappa shape index (κ2) is 6.98. The van der Waals surface area contributed by atoms with Crippen LogP contribution in [0.5, 0.6) is 0 Å². The second-order valence-corrected chi connectivity index (χ2v) is 6.32. The Kier molecular flexibility index (Phi) is 4.96. The minimum absolute atomic E-state index is 0.244. The lowest BCUT2D eigenvalue weighted by Gasteiger charge is -2.18. The van der Waals surface area contributed by atoms with E-state index in [4.69, 9.17) is 4.42 Å². The number of furan rings is 1. The highest BCUT2D eigenvalue weighted by Crippen LogP contribution is 2.24. The van der Waals surface area contributed by atoms with Crippen LogP contribution in [0.2, 0.25) is 0 Å². The number of aromatic nitrogens is 2. The van der Waals surface area contributed by atoms with Crippen molar-refractivity contribution in [2.24, 2.45) is 5.92 Å². The molecule has 1 fully saturated rings. The van der Waals surface area contributed by atoms with Crippen LogP contribution in [0.4, 0.5) is 13.2 Å². The fourth-order valence-electron chi connectivity index (χ4n) is 3.11. The smallest absolute Gasteiger partial charge is 0.401 e. The molecule has 1 saturated heterocycles. The van der Waals surface area contributed by atoms with E-state index in [1.54, 1.807) is 6.20 Å². The molecule has 1 atom stereocenters. The lowest BCUT2D eigenvalue weighted by atomic mass is 10.1. The first-order valence-corrected chi connectivity index (χ1v) is 7.99. The van der Waals surface area contributed by atoms with Crippen molar-refractivity contribution >= 4 is 0 Å². The maximum Gasteiger partial charge on any atom is 0.401 e. The number of hydrogen-bond donors (Lipinski definition) is 2. The van der Waals surface area contributed by atoms with Crippen LogP contribution in [0.1, 0.15) is 17.7 Å². The molecular weight excluding hydrogens is 321 g/mol. The van der Waals surface area contributed by atoms with Gasteiger partial charge in [0.15, 0.2) is 5.76 Å². The van der Waals surface area contributed by atoms with Crippen molar-refractivity contribution in [1.82, 2.24) is 20.4 Å². The Morgan fingerprint density at radius 3 is 2.96 bits per heavy atom. The van der Waals surface area contributed by atoms with Gasteiger partial charge in [0.1, 0.15) is 11.5 Å². The van der Waals surface area contributed by atoms with Gasteiger partial charge in [-0.2, -0.15) is 18.3 Å². The van der Waals surface area contributed by atoms with Crippen LogP contribution >= 0.6 is 0 Å². The van der Waals surface area contributed by atoms with Gasteiger partial charge in [-0.3, -0.25) is 10.00 Å². The molecule has 0 amide bonds. The van der Waals surface area contributed by atoms with Crippen LogP contribution in [0, 0.1) is 12.8 Å². The van der Waals surface area contributed by atoms with Crippen molar-refractivity contribution in [3.8, 4) is 11.5 Å². The summed E-state index contributed by atoms with van der Waals surface area (Å²) in [7, 11) is 0. The maximum absolute atomic E-state index is 12.4. The highest BCUT2D eigenvalue weighted by Gasteiger charge is 2.34. The number of H-pyrrole nitrogens is 1. The summed E-state index contributed by atoms with van der Waals surface area (Å²) in [4.78, 5) is 1.47. The molecule has 0 aromatic carbocycles. The number of hydrogen-bond acceptors (Lipinski definition) is 4. The number of nitrogens with zero attached hydrogens (tertiary/aromatic N) is 2. The molecule has 0 bridgehead atoms. The van der Waals surface area contributed by atoms with E-state index in [1.807, 2.05) is 19.1 Å². The molecule has 1 aliphatic heterocycles. The number of aryl methyl sites for hydroxylation is 1. The van der Waals surface area contributed by atoms with E-state index in [0.29, 0.717) is 26.2 Å². The molecule has 2 aromatic heterocycles. The van der Waals surface area contributed by atoms with E-state index < -0.39 is 12.7 Å². The van der Waals surface area contributed by atoms with Gasteiger partial charge in [0.25, 0.3) is 0 Å². The number of halogens is 3. The molecule has 0 unspecified atom stereocenters. The number of nitrogens with one attached hydrogen (secondary N) is 2. The average Bonchev–Trinajstić information content (AvgIpc) is 3.19. The zero-order valence-electron chi connectivity index (χ0n) is 13.5. The first kappa shape index (κ1) is 17.0. The highest BCUT2D eigenvalue weighted by atomic mass is 19.4. The van der Waals surface area contributed by atoms with Gasteiger partial charge in [-0.15, -0.1) is 0 Å². The predicted molar refractivity (Wildman–Crippen MR) is 83.3 cm³/mol. The molecule has 2 aromatic rings. The van der Waals surface area contributed by atoms with Gasteiger partial charge in [0.2, 0.25) is 0 Å². The first-order chi connectivity index (χ1) is 11.4. The topological polar surface area (TPSA) is 57.1 Å². The molecular formula is C16H21F3N4O. The molecule has 3 heterocycles. The zero-order valence-corrected chi connectivity index (χ0v) is 13.5. The third-order valence-corrected chi connectivity index (χ3v) is 4.23. The normalized spacial score (nSPS) is 19.2. The van der Waals surface area contributed by atoms with Gasteiger partial charge < -0.3 is 9.73 Å². The van der Waals surface area contributed by atoms with E-state index in [0.717, 1.165) is 29.2 Å². The van der Waals surface area contributed by atoms with E-state index in [-0.39, 0.29) is 5.92 Å². The maximum atomic E-state index is 12.4. The Hall–Kier alpha value is -1.80. The van der Waals surface area contributed by atoms with E-state index >= 15 is 0 Å². The predicted octanol–water partition coefficient (Wildman–Crippen LogP) is 2.95. The van der Waals surface area contributed by atoms with Crippen molar-refractivity contribution in [3.63, 3.8) is 0 Å². The third-order valence-electron chi connectivity index (χ3n) is 4.23. The lowest BCUT2D eigenvalue weighted by Crippen LogP contribution is -2.33. The monoisotopic (exact) mass is 342 g/mol. The largest absolute Gasteiger partial charge is 0.460 e. The molecule has 8 heteroatoms. The lowest BCUT2D eigenvalue weighted by molar-refractivity contribution is -0.143. The van der Waals surface area contributed by atoms with Crippen molar-refractivity contribution in [2.45, 2.75) is 26.1 Å². The molecule has 24 heavy (non-hydrogen) atoms. The van der Waals surface area contributed by atoms with Gasteiger partial charge in [-0.25, -0.2) is 0 Å². The molecule has 3 rings (SSSR count). The Labute approximate surface area is 138 Å². The van der Waals surface area contributed by atoms with Gasteiger partial charge in [-0.1, -0.05) is 0 Å². The molecule has 0 radical (unpaired) electrons. The SMILES string of the molecule is Cc1ccc(-c2[nH]ncc2CNC[C@@H]2CCN(CC(F)(F)F)C2)o1. The summed E-state index contributed by atoms with van der Waals surface area (Å²) in [5.41, 5.74) is 1.82. The van der Waals surface area contributed by atoms with Crippen molar-refractivity contribution < 1.29 is 17.6 Å². The second-order valence-electron chi connectivity index (χ2n) is 6.32. The summed E-state index contributed by atoms with van der Waals surface area (Å²) in [5, 5.41) is 10.3. The number of alkyl halides is 3. The van der Waals surface area contributed by atoms with Crippen LogP contribution < -0.4 is 5.32 Å². The van der Waals surface area contributed by atoms with Crippen LogP contribution in [-0.2, 0) is 6.54 Å². The Morgan fingerprint density at radius 1 is 1.42 bits per heavy atom. The molecule has 2 N–H and O–H groups in total. The molecule has 0 aliphatic carbocycles. The summed E-state index contributed by atoms with van der Waals surface area (Å²) >= 11 is 0. The van der Waals surface area contributed by atoms with E-state index in [9.17, 15) is 13.2 Å². The van der Waals surface area contributed by atoms with Crippen molar-refractivity contribution in [2.75, 3.05) is 26.2 Å². The summed E-state index contributed by atoms with van der Waals surface area (Å²) in [6.07, 6.45) is -1.58. The number of likely N-dealkylation sites (tertiary alicyclic amines) is 1. The van der Waals surface area contributed by atoms with E-state index in [1.165, 1.54) is 4.90 Å². The Bertz CT molecular complexity index is 664. The Balaban J connectivity index is 1.47. The minimum Gasteiger partial charge on any atom is -0.460 e. The molecule has 0 spiro atoms.